The van der Waals surface area contributed by atoms with E-state index in [1.807, 2.05) is 6.92 Å². The van der Waals surface area contributed by atoms with E-state index in [1.165, 1.54) is 6.21 Å². The van der Waals surface area contributed by atoms with Crippen molar-refractivity contribution in [1.29, 1.82) is 0 Å². The van der Waals surface area contributed by atoms with Gasteiger partial charge >= 0.3 is 0 Å². The van der Waals surface area contributed by atoms with Crippen molar-refractivity contribution in [3.63, 3.8) is 0 Å². The van der Waals surface area contributed by atoms with E-state index in [4.69, 9.17) is 21.1 Å². The Morgan fingerprint density at radius 2 is 2.00 bits per heavy atom. The lowest BCUT2D eigenvalue weighted by Crippen LogP contribution is -2.17. The number of rotatable bonds is 8. The zero-order valence-electron chi connectivity index (χ0n) is 13.9. The summed E-state index contributed by atoms with van der Waals surface area (Å²) >= 11 is 5.99. The molecule has 0 unspecified atom stereocenters. The Balaban J connectivity index is 2.03. The first-order valence-corrected chi connectivity index (χ1v) is 8.11. The van der Waals surface area contributed by atoms with Gasteiger partial charge in [-0.1, -0.05) is 24.3 Å². The van der Waals surface area contributed by atoms with Gasteiger partial charge in [-0.15, -0.1) is 0 Å². The van der Waals surface area contributed by atoms with Crippen LogP contribution in [-0.4, -0.2) is 25.3 Å². The summed E-state index contributed by atoms with van der Waals surface area (Å²) in [4.78, 5) is 12.1. The Morgan fingerprint density at radius 3 is 2.68 bits per heavy atom. The molecule has 0 fully saturated rings. The number of nitrogens with one attached hydrogen (secondary N) is 1. The molecule has 0 aromatic heterocycles. The van der Waals surface area contributed by atoms with E-state index in [1.54, 1.807) is 48.5 Å². The number of ether oxygens (including phenoxy) is 2. The van der Waals surface area contributed by atoms with Crippen molar-refractivity contribution in [2.75, 3.05) is 13.2 Å². The highest BCUT2D eigenvalue weighted by molar-refractivity contribution is 6.30. The smallest absolute Gasteiger partial charge is 0.271 e. The molecule has 2 rings (SSSR count). The fourth-order valence-corrected chi connectivity index (χ4v) is 2.18. The third-order valence-corrected chi connectivity index (χ3v) is 3.36. The molecule has 1 N–H and O–H groups in total. The average molecular weight is 359 g/mol. The molecule has 2 aromatic carbocycles. The van der Waals surface area contributed by atoms with Gasteiger partial charge in [-0.05, 0) is 49.4 Å². The van der Waals surface area contributed by atoms with E-state index in [0.717, 1.165) is 0 Å². The molecule has 0 radical (unpaired) electrons. The van der Waals surface area contributed by atoms with Crippen molar-refractivity contribution in [2.45, 2.75) is 6.92 Å². The van der Waals surface area contributed by atoms with Crippen molar-refractivity contribution >= 4 is 23.7 Å². The first-order valence-electron chi connectivity index (χ1n) is 7.73. The Hall–Kier alpha value is -2.79. The van der Waals surface area contributed by atoms with Crippen LogP contribution in [0, 0.1) is 0 Å². The molecule has 0 aliphatic carbocycles. The minimum absolute atomic E-state index is 0.324. The number of hydrazone groups is 1. The minimum atomic E-state index is -0.324. The van der Waals surface area contributed by atoms with Crippen LogP contribution in [0.1, 0.15) is 22.8 Å². The third kappa shape index (κ3) is 5.65. The van der Waals surface area contributed by atoms with Gasteiger partial charge < -0.3 is 9.47 Å². The van der Waals surface area contributed by atoms with E-state index in [0.29, 0.717) is 40.9 Å². The maximum absolute atomic E-state index is 12.1. The number of amides is 1. The summed E-state index contributed by atoms with van der Waals surface area (Å²) in [6.07, 6.45) is 3.12. The number of carbonyl (C=O) groups is 1. The summed E-state index contributed by atoms with van der Waals surface area (Å²) in [6, 6.07) is 12.0. The summed E-state index contributed by atoms with van der Waals surface area (Å²) in [5.41, 5.74) is 3.61. The van der Waals surface area contributed by atoms with E-state index in [2.05, 4.69) is 17.1 Å². The van der Waals surface area contributed by atoms with Gasteiger partial charge in [0.2, 0.25) is 0 Å². The zero-order chi connectivity index (χ0) is 18.1. The topological polar surface area (TPSA) is 59.9 Å². The van der Waals surface area contributed by atoms with Crippen molar-refractivity contribution in [1.82, 2.24) is 5.43 Å². The molecule has 1 amide bonds. The van der Waals surface area contributed by atoms with Gasteiger partial charge in [0.15, 0.2) is 0 Å². The van der Waals surface area contributed by atoms with Gasteiger partial charge in [0.25, 0.3) is 5.91 Å². The predicted octanol–water partition coefficient (Wildman–Crippen LogP) is 4.07. The largest absolute Gasteiger partial charge is 0.494 e. The number of benzene rings is 2. The fourth-order valence-electron chi connectivity index (χ4n) is 1.99. The molecule has 6 heteroatoms. The van der Waals surface area contributed by atoms with E-state index in [9.17, 15) is 4.79 Å². The van der Waals surface area contributed by atoms with Crippen LogP contribution in [-0.2, 0) is 0 Å². The monoisotopic (exact) mass is 358 g/mol. The number of nitrogens with zero attached hydrogens (tertiary/aromatic N) is 1. The van der Waals surface area contributed by atoms with Gasteiger partial charge in [-0.3, -0.25) is 4.79 Å². The number of carbonyl (C=O) groups excluding carboxylic acids is 1. The van der Waals surface area contributed by atoms with Crippen LogP contribution in [0.3, 0.4) is 0 Å². The summed E-state index contributed by atoms with van der Waals surface area (Å²) in [7, 11) is 0. The quantitative estimate of drug-likeness (QED) is 0.439. The second kappa shape index (κ2) is 9.49. The maximum atomic E-state index is 12.1. The summed E-state index contributed by atoms with van der Waals surface area (Å²) < 4.78 is 10.9. The lowest BCUT2D eigenvalue weighted by atomic mass is 10.2. The molecule has 2 aromatic rings. The minimum Gasteiger partial charge on any atom is -0.494 e. The molecule has 5 nitrogen and oxygen atoms in total. The standard InChI is InChI=1S/C19H19ClN2O3/c1-3-11-25-18-10-7-16(20)12-15(18)13-21-22-19(23)14-5-8-17(9-6-14)24-4-2/h3,5-10,12-13H,1,4,11H2,2H3,(H,22,23)/b21-13+. The van der Waals surface area contributed by atoms with Crippen molar-refractivity contribution in [3.05, 3.63) is 71.3 Å². The third-order valence-electron chi connectivity index (χ3n) is 3.13. The highest BCUT2D eigenvalue weighted by atomic mass is 35.5. The Kier molecular flexibility index (Phi) is 7.04. The van der Waals surface area contributed by atoms with Gasteiger partial charge in [0.1, 0.15) is 18.1 Å². The van der Waals surface area contributed by atoms with Crippen LogP contribution in [0.15, 0.2) is 60.2 Å². The summed E-state index contributed by atoms with van der Waals surface area (Å²) in [5.74, 6) is 0.990. The molecule has 0 heterocycles. The molecular weight excluding hydrogens is 340 g/mol. The normalized spacial score (nSPS) is 10.5. The van der Waals surface area contributed by atoms with Crippen LogP contribution in [0.25, 0.3) is 0 Å². The molecule has 130 valence electrons. The van der Waals surface area contributed by atoms with Gasteiger partial charge in [-0.2, -0.15) is 5.10 Å². The zero-order valence-corrected chi connectivity index (χ0v) is 14.6. The number of hydrogen-bond acceptors (Lipinski definition) is 4. The first kappa shape index (κ1) is 18.5. The molecule has 0 aliphatic heterocycles. The van der Waals surface area contributed by atoms with Crippen LogP contribution in [0.4, 0.5) is 0 Å². The highest BCUT2D eigenvalue weighted by Gasteiger charge is 2.05. The molecule has 0 saturated carbocycles. The Labute approximate surface area is 151 Å². The van der Waals surface area contributed by atoms with Gasteiger partial charge in [-0.25, -0.2) is 5.43 Å². The van der Waals surface area contributed by atoms with E-state index < -0.39 is 0 Å². The summed E-state index contributed by atoms with van der Waals surface area (Å²) in [6.45, 7) is 6.45. The van der Waals surface area contributed by atoms with E-state index in [-0.39, 0.29) is 5.91 Å². The SMILES string of the molecule is C=CCOc1ccc(Cl)cc1/C=N/NC(=O)c1ccc(OCC)cc1. The second-order valence-electron chi connectivity index (χ2n) is 4.94. The molecular formula is C19H19ClN2O3. The molecule has 0 atom stereocenters. The van der Waals surface area contributed by atoms with Crippen molar-refractivity contribution in [2.24, 2.45) is 5.10 Å². The molecule has 0 saturated heterocycles. The average Bonchev–Trinajstić information content (AvgIpc) is 2.62. The van der Waals surface area contributed by atoms with Crippen LogP contribution < -0.4 is 14.9 Å². The van der Waals surface area contributed by atoms with Crippen LogP contribution in [0.2, 0.25) is 5.02 Å². The predicted molar refractivity (Wildman–Crippen MR) is 99.8 cm³/mol. The molecule has 0 bridgehead atoms. The first-order chi connectivity index (χ1) is 12.1. The fraction of sp³-hybridized carbons (Fsp3) is 0.158. The van der Waals surface area contributed by atoms with Crippen molar-refractivity contribution in [3.8, 4) is 11.5 Å². The van der Waals surface area contributed by atoms with Gasteiger partial charge in [0, 0.05) is 16.1 Å². The van der Waals surface area contributed by atoms with Crippen LogP contribution in [0.5, 0.6) is 11.5 Å². The Bertz CT molecular complexity index is 758. The summed E-state index contributed by atoms with van der Waals surface area (Å²) in [5, 5.41) is 4.51. The molecule has 0 aliphatic rings. The highest BCUT2D eigenvalue weighted by Crippen LogP contribution is 2.21. The second-order valence-corrected chi connectivity index (χ2v) is 5.37. The number of halogens is 1. The lowest BCUT2D eigenvalue weighted by Gasteiger charge is -2.07. The van der Waals surface area contributed by atoms with Gasteiger partial charge in [0.05, 0.1) is 12.8 Å². The Morgan fingerprint density at radius 1 is 1.24 bits per heavy atom. The molecule has 0 spiro atoms. The van der Waals surface area contributed by atoms with Crippen LogP contribution >= 0.6 is 11.6 Å². The lowest BCUT2D eigenvalue weighted by molar-refractivity contribution is 0.0955. The number of hydrogen-bond donors (Lipinski definition) is 1. The molecule has 25 heavy (non-hydrogen) atoms. The van der Waals surface area contributed by atoms with Crippen molar-refractivity contribution < 1.29 is 14.3 Å². The van der Waals surface area contributed by atoms with E-state index >= 15 is 0 Å². The maximum Gasteiger partial charge on any atom is 0.271 e.